The number of rotatable bonds is 5. The van der Waals surface area contributed by atoms with E-state index in [2.05, 4.69) is 20.3 Å². The fourth-order valence-electron chi connectivity index (χ4n) is 2.56. The van der Waals surface area contributed by atoms with Gasteiger partial charge < -0.3 is 10.1 Å². The summed E-state index contributed by atoms with van der Waals surface area (Å²) in [5.74, 6) is 0.580. The average molecular weight is 376 g/mol. The summed E-state index contributed by atoms with van der Waals surface area (Å²) in [5.41, 5.74) is -0.682. The Morgan fingerprint density at radius 2 is 2.04 bits per heavy atom. The number of nitrogens with zero attached hydrogens (tertiary/aromatic N) is 5. The minimum atomic E-state index is -0.773. The Kier molecular flexibility index (Phi) is 4.34. The van der Waals surface area contributed by atoms with Crippen molar-refractivity contribution in [2.75, 3.05) is 5.32 Å². The first-order valence-electron chi connectivity index (χ1n) is 8.08. The zero-order chi connectivity index (χ0) is 19.5. The second-order valence-electron chi connectivity index (χ2n) is 5.60. The molecule has 10 heteroatoms. The highest BCUT2D eigenvalue weighted by Crippen LogP contribution is 2.27. The van der Waals surface area contributed by atoms with E-state index in [4.69, 9.17) is 4.74 Å². The Bertz CT molecular complexity index is 1230. The van der Waals surface area contributed by atoms with Crippen LogP contribution in [0.25, 0.3) is 5.65 Å². The number of hydrogen-bond acceptors (Lipinski definition) is 8. The third kappa shape index (κ3) is 3.33. The minimum Gasteiger partial charge on any atom is -0.437 e. The number of ether oxygens (including phenoxy) is 1. The highest BCUT2D eigenvalue weighted by molar-refractivity contribution is 5.68. The van der Waals surface area contributed by atoms with Crippen LogP contribution in [-0.4, -0.2) is 24.3 Å². The van der Waals surface area contributed by atoms with E-state index >= 15 is 0 Å². The summed E-state index contributed by atoms with van der Waals surface area (Å²) in [6.45, 7) is 0. The van der Waals surface area contributed by atoms with Crippen molar-refractivity contribution in [2.45, 2.75) is 0 Å². The van der Waals surface area contributed by atoms with Crippen molar-refractivity contribution in [3.05, 3.63) is 87.7 Å². The SMILES string of the molecule is O=c1c([N+](=O)[O-])c(Nc2cccc(Oc3cnccn3)c2)nc2ccccn12. The van der Waals surface area contributed by atoms with Gasteiger partial charge in [0.05, 0.1) is 11.1 Å². The number of anilines is 2. The van der Waals surface area contributed by atoms with Crippen molar-refractivity contribution in [1.82, 2.24) is 19.4 Å². The van der Waals surface area contributed by atoms with E-state index < -0.39 is 16.2 Å². The van der Waals surface area contributed by atoms with E-state index in [0.29, 0.717) is 17.3 Å². The zero-order valence-corrected chi connectivity index (χ0v) is 14.2. The van der Waals surface area contributed by atoms with Crippen LogP contribution in [0.4, 0.5) is 17.2 Å². The molecule has 28 heavy (non-hydrogen) atoms. The van der Waals surface area contributed by atoms with Gasteiger partial charge in [-0.15, -0.1) is 0 Å². The summed E-state index contributed by atoms with van der Waals surface area (Å²) < 4.78 is 6.72. The van der Waals surface area contributed by atoms with E-state index in [9.17, 15) is 14.9 Å². The molecular weight excluding hydrogens is 364 g/mol. The van der Waals surface area contributed by atoms with Crippen molar-refractivity contribution in [2.24, 2.45) is 0 Å². The van der Waals surface area contributed by atoms with Gasteiger partial charge >= 0.3 is 11.2 Å². The predicted molar refractivity (Wildman–Crippen MR) is 99.9 cm³/mol. The second-order valence-corrected chi connectivity index (χ2v) is 5.60. The Hall–Kier alpha value is -4.34. The van der Waals surface area contributed by atoms with Gasteiger partial charge in [0, 0.05) is 30.3 Å². The number of hydrogen-bond donors (Lipinski definition) is 1. The third-order valence-electron chi connectivity index (χ3n) is 3.75. The molecule has 0 bridgehead atoms. The lowest BCUT2D eigenvalue weighted by Gasteiger charge is -2.09. The summed E-state index contributed by atoms with van der Waals surface area (Å²) in [5, 5.41) is 14.3. The molecule has 138 valence electrons. The van der Waals surface area contributed by atoms with Crippen LogP contribution < -0.4 is 15.6 Å². The number of nitro groups is 1. The van der Waals surface area contributed by atoms with Gasteiger partial charge in [0.1, 0.15) is 11.4 Å². The van der Waals surface area contributed by atoms with Gasteiger partial charge in [-0.1, -0.05) is 12.1 Å². The maximum Gasteiger partial charge on any atom is 0.376 e. The molecule has 0 aliphatic heterocycles. The van der Waals surface area contributed by atoms with Crippen LogP contribution in [0.2, 0.25) is 0 Å². The molecule has 0 saturated heterocycles. The van der Waals surface area contributed by atoms with Crippen LogP contribution in [-0.2, 0) is 0 Å². The summed E-state index contributed by atoms with van der Waals surface area (Å²) in [6.07, 6.45) is 5.90. The maximum atomic E-state index is 12.5. The van der Waals surface area contributed by atoms with Crippen LogP contribution in [0.3, 0.4) is 0 Å². The first-order chi connectivity index (χ1) is 13.6. The van der Waals surface area contributed by atoms with Gasteiger partial charge in [0.15, 0.2) is 0 Å². The first-order valence-corrected chi connectivity index (χ1v) is 8.08. The molecule has 4 rings (SSSR count). The predicted octanol–water partition coefficient (Wildman–Crippen LogP) is 2.93. The number of fused-ring (bicyclic) bond motifs is 1. The quantitative estimate of drug-likeness (QED) is 0.416. The van der Waals surface area contributed by atoms with Crippen LogP contribution in [0.15, 0.2) is 72.0 Å². The van der Waals surface area contributed by atoms with Crippen molar-refractivity contribution >= 4 is 22.8 Å². The normalized spacial score (nSPS) is 10.6. The molecule has 10 nitrogen and oxygen atoms in total. The number of pyridine rings is 1. The molecule has 0 unspecified atom stereocenters. The van der Waals surface area contributed by atoms with Gasteiger partial charge in [0.2, 0.25) is 11.7 Å². The largest absolute Gasteiger partial charge is 0.437 e. The van der Waals surface area contributed by atoms with E-state index in [1.165, 1.54) is 24.8 Å². The summed E-state index contributed by atoms with van der Waals surface area (Å²) >= 11 is 0. The van der Waals surface area contributed by atoms with Crippen molar-refractivity contribution in [1.29, 1.82) is 0 Å². The molecule has 0 radical (unpaired) electrons. The van der Waals surface area contributed by atoms with Crippen LogP contribution in [0.5, 0.6) is 11.6 Å². The lowest BCUT2D eigenvalue weighted by atomic mass is 10.3. The molecule has 0 spiro atoms. The smallest absolute Gasteiger partial charge is 0.376 e. The second kappa shape index (κ2) is 7.11. The topological polar surface area (TPSA) is 125 Å². The van der Waals surface area contributed by atoms with Crippen LogP contribution in [0, 0.1) is 10.1 Å². The fourth-order valence-corrected chi connectivity index (χ4v) is 2.56. The Balaban J connectivity index is 1.72. The summed E-state index contributed by atoms with van der Waals surface area (Å²) in [6, 6.07) is 11.5. The van der Waals surface area contributed by atoms with Gasteiger partial charge in [-0.05, 0) is 24.3 Å². The third-order valence-corrected chi connectivity index (χ3v) is 3.75. The van der Waals surface area contributed by atoms with E-state index in [1.807, 2.05) is 0 Å². The number of benzene rings is 1. The van der Waals surface area contributed by atoms with Gasteiger partial charge in [0.25, 0.3) is 0 Å². The molecule has 3 heterocycles. The Morgan fingerprint density at radius 1 is 1.14 bits per heavy atom. The van der Waals surface area contributed by atoms with Gasteiger partial charge in [-0.2, -0.15) is 0 Å². The zero-order valence-electron chi connectivity index (χ0n) is 14.2. The lowest BCUT2D eigenvalue weighted by Crippen LogP contribution is -2.20. The number of aromatic nitrogens is 4. The molecule has 0 aliphatic rings. The Labute approximate surface area is 157 Å². The first kappa shape index (κ1) is 17.1. The molecule has 1 aromatic carbocycles. The summed E-state index contributed by atoms with van der Waals surface area (Å²) in [4.78, 5) is 35.3. The summed E-state index contributed by atoms with van der Waals surface area (Å²) in [7, 11) is 0. The molecule has 0 aliphatic carbocycles. The van der Waals surface area contributed by atoms with E-state index in [1.54, 1.807) is 42.5 Å². The highest BCUT2D eigenvalue weighted by Gasteiger charge is 2.23. The highest BCUT2D eigenvalue weighted by atomic mass is 16.6. The fraction of sp³-hybridized carbons (Fsp3) is 0. The van der Waals surface area contributed by atoms with Crippen molar-refractivity contribution in [3.63, 3.8) is 0 Å². The van der Waals surface area contributed by atoms with Gasteiger partial charge in [-0.3, -0.25) is 24.3 Å². The van der Waals surface area contributed by atoms with Crippen LogP contribution >= 0.6 is 0 Å². The van der Waals surface area contributed by atoms with Crippen molar-refractivity contribution in [3.8, 4) is 11.6 Å². The van der Waals surface area contributed by atoms with Crippen LogP contribution in [0.1, 0.15) is 0 Å². The maximum absolute atomic E-state index is 12.5. The molecular formula is C18H12N6O4. The molecule has 0 fully saturated rings. The molecule has 0 atom stereocenters. The molecule has 0 saturated carbocycles. The number of nitrogens with one attached hydrogen (secondary N) is 1. The van der Waals surface area contributed by atoms with Crippen molar-refractivity contribution < 1.29 is 9.66 Å². The molecule has 0 amide bonds. The Morgan fingerprint density at radius 3 is 2.82 bits per heavy atom. The van der Waals surface area contributed by atoms with E-state index in [-0.39, 0.29) is 11.5 Å². The van der Waals surface area contributed by atoms with Gasteiger partial charge in [-0.25, -0.2) is 9.97 Å². The lowest BCUT2D eigenvalue weighted by molar-refractivity contribution is -0.385. The molecule has 1 N–H and O–H groups in total. The standard InChI is InChI=1S/C18H12N6O4/c25-18-16(24(26)27)17(22-14-6-1-2-9-23(14)18)21-12-4-3-5-13(10-12)28-15-11-19-7-8-20-15/h1-11,21H. The average Bonchev–Trinajstić information content (AvgIpc) is 2.69. The molecule has 4 aromatic rings. The molecule has 3 aromatic heterocycles. The van der Waals surface area contributed by atoms with E-state index in [0.717, 1.165) is 4.40 Å². The monoisotopic (exact) mass is 376 g/mol. The minimum absolute atomic E-state index is 0.155.